The van der Waals surface area contributed by atoms with Gasteiger partial charge in [-0.15, -0.1) is 11.3 Å². The van der Waals surface area contributed by atoms with E-state index in [1.165, 1.54) is 18.4 Å². The van der Waals surface area contributed by atoms with Gasteiger partial charge >= 0.3 is 11.9 Å². The van der Waals surface area contributed by atoms with Crippen LogP contribution in [0.4, 0.5) is 5.00 Å². The maximum atomic E-state index is 12.6. The first-order valence-electron chi connectivity index (χ1n) is 8.52. The predicted octanol–water partition coefficient (Wildman–Crippen LogP) is 3.91. The minimum atomic E-state index is -1.01. The van der Waals surface area contributed by atoms with Crippen LogP contribution in [0.1, 0.15) is 65.7 Å². The summed E-state index contributed by atoms with van der Waals surface area (Å²) in [5.41, 5.74) is 0.117. The number of nitrogens with one attached hydrogen (secondary N) is 1. The van der Waals surface area contributed by atoms with Crippen molar-refractivity contribution in [3.05, 3.63) is 16.0 Å². The highest BCUT2D eigenvalue weighted by Gasteiger charge is 2.40. The largest absolute Gasteiger partial charge is 0.481 e. The molecule has 1 aromatic rings. The van der Waals surface area contributed by atoms with E-state index in [4.69, 9.17) is 4.74 Å². The van der Waals surface area contributed by atoms with E-state index >= 15 is 0 Å². The topological polar surface area (TPSA) is 92.7 Å². The number of esters is 1. The summed E-state index contributed by atoms with van der Waals surface area (Å²) < 4.78 is 4.80. The van der Waals surface area contributed by atoms with E-state index in [9.17, 15) is 19.5 Å². The molecule has 0 aromatic carbocycles. The minimum absolute atomic E-state index is 0.0705. The second-order valence-corrected chi connectivity index (χ2v) is 7.93. The summed E-state index contributed by atoms with van der Waals surface area (Å²) in [6, 6.07) is 0. The number of thiophene rings is 1. The van der Waals surface area contributed by atoms with E-state index in [-0.39, 0.29) is 12.3 Å². The van der Waals surface area contributed by atoms with Crippen LogP contribution in [0.3, 0.4) is 0 Å². The van der Waals surface area contributed by atoms with E-state index < -0.39 is 17.4 Å². The van der Waals surface area contributed by atoms with Crippen molar-refractivity contribution in [2.45, 2.75) is 58.8 Å². The van der Waals surface area contributed by atoms with Gasteiger partial charge in [0.15, 0.2) is 0 Å². The number of rotatable bonds is 5. The molecular formula is C18H25NO5S. The summed E-state index contributed by atoms with van der Waals surface area (Å²) in [5.74, 6) is -1.77. The number of aryl methyl sites for hydroxylation is 1. The Morgan fingerprint density at radius 3 is 2.28 bits per heavy atom. The molecule has 1 aromatic heterocycles. The zero-order chi connectivity index (χ0) is 18.6. The monoisotopic (exact) mass is 367 g/mol. The van der Waals surface area contributed by atoms with Gasteiger partial charge in [0.25, 0.3) is 0 Å². The lowest BCUT2D eigenvalue weighted by Gasteiger charge is -2.27. The fourth-order valence-corrected chi connectivity index (χ4v) is 4.48. The number of carbonyl (C=O) groups is 3. The minimum Gasteiger partial charge on any atom is -0.481 e. The maximum Gasteiger partial charge on any atom is 0.341 e. The Morgan fingerprint density at radius 1 is 1.16 bits per heavy atom. The normalized spacial score (nSPS) is 16.8. The zero-order valence-corrected chi connectivity index (χ0v) is 15.8. The Morgan fingerprint density at radius 2 is 1.76 bits per heavy atom. The van der Waals surface area contributed by atoms with Crippen LogP contribution in [0.25, 0.3) is 0 Å². The van der Waals surface area contributed by atoms with Crippen LogP contribution in [-0.4, -0.2) is 30.1 Å². The molecule has 0 spiro atoms. The molecule has 1 heterocycles. The molecular weight excluding hydrogens is 342 g/mol. The van der Waals surface area contributed by atoms with Gasteiger partial charge in [-0.2, -0.15) is 0 Å². The average Bonchev–Trinajstić information content (AvgIpc) is 2.73. The number of amides is 1. The number of hydrogen-bond acceptors (Lipinski definition) is 5. The standard InChI is InChI=1S/C18H25NO5S/c1-11-12(2)25-15(14(11)16(21)24-3)19-13(20)10-18(17(22)23)8-6-4-5-7-9-18/h4-10H2,1-3H3,(H,19,20)(H,22,23). The molecule has 6 nitrogen and oxygen atoms in total. The molecule has 1 aliphatic rings. The lowest BCUT2D eigenvalue weighted by Crippen LogP contribution is -2.35. The average molecular weight is 367 g/mol. The molecule has 0 aliphatic heterocycles. The SMILES string of the molecule is COC(=O)c1c(NC(=O)CC2(C(=O)O)CCCCCC2)sc(C)c1C. The third kappa shape index (κ3) is 4.21. The molecule has 25 heavy (non-hydrogen) atoms. The third-order valence-corrected chi connectivity index (χ3v) is 6.16. The molecule has 7 heteroatoms. The van der Waals surface area contributed by atoms with Crippen LogP contribution in [-0.2, 0) is 14.3 Å². The molecule has 2 rings (SSSR count). The first-order chi connectivity index (χ1) is 11.8. The number of anilines is 1. The van der Waals surface area contributed by atoms with Crippen LogP contribution < -0.4 is 5.32 Å². The van der Waals surface area contributed by atoms with Crippen molar-refractivity contribution in [2.75, 3.05) is 12.4 Å². The summed E-state index contributed by atoms with van der Waals surface area (Å²) in [6.07, 6.45) is 4.62. The molecule has 1 aliphatic carbocycles. The van der Waals surface area contributed by atoms with Gasteiger partial charge in [-0.1, -0.05) is 25.7 Å². The van der Waals surface area contributed by atoms with Crippen LogP contribution in [0, 0.1) is 19.3 Å². The van der Waals surface area contributed by atoms with Gasteiger partial charge in [-0.25, -0.2) is 4.79 Å². The number of carboxylic acid groups (broad SMARTS) is 1. The summed E-state index contributed by atoms with van der Waals surface area (Å²) in [7, 11) is 1.30. The number of aliphatic carboxylic acids is 1. The fourth-order valence-electron chi connectivity index (χ4n) is 3.41. The van der Waals surface area contributed by atoms with Crippen molar-refractivity contribution < 1.29 is 24.2 Å². The number of carbonyl (C=O) groups excluding carboxylic acids is 2. The van der Waals surface area contributed by atoms with Crippen LogP contribution in [0.5, 0.6) is 0 Å². The van der Waals surface area contributed by atoms with Crippen molar-refractivity contribution in [3.63, 3.8) is 0 Å². The highest BCUT2D eigenvalue weighted by Crippen LogP contribution is 2.39. The van der Waals surface area contributed by atoms with E-state index in [0.29, 0.717) is 23.4 Å². The molecule has 1 amide bonds. The molecule has 0 bridgehead atoms. The summed E-state index contributed by atoms with van der Waals surface area (Å²) in [6.45, 7) is 3.67. The number of carboxylic acids is 1. The first kappa shape index (κ1) is 19.4. The zero-order valence-electron chi connectivity index (χ0n) is 14.9. The van der Waals surface area contributed by atoms with Gasteiger partial charge < -0.3 is 15.2 Å². The van der Waals surface area contributed by atoms with Crippen molar-refractivity contribution in [1.82, 2.24) is 0 Å². The summed E-state index contributed by atoms with van der Waals surface area (Å²) >= 11 is 1.31. The van der Waals surface area contributed by atoms with Crippen molar-refractivity contribution in [1.29, 1.82) is 0 Å². The lowest BCUT2D eigenvalue weighted by molar-refractivity contribution is -0.152. The van der Waals surface area contributed by atoms with Gasteiger partial charge in [0, 0.05) is 11.3 Å². The van der Waals surface area contributed by atoms with E-state index in [2.05, 4.69) is 5.32 Å². The van der Waals surface area contributed by atoms with Crippen molar-refractivity contribution >= 4 is 34.2 Å². The molecule has 138 valence electrons. The molecule has 1 fully saturated rings. The Balaban J connectivity index is 2.20. The van der Waals surface area contributed by atoms with Crippen LogP contribution in [0.2, 0.25) is 0 Å². The van der Waals surface area contributed by atoms with E-state index in [1.807, 2.05) is 6.92 Å². The molecule has 0 saturated heterocycles. The summed E-state index contributed by atoms with van der Waals surface area (Å²) in [4.78, 5) is 37.3. The molecule has 1 saturated carbocycles. The Labute approximate surface area is 151 Å². The molecule has 0 radical (unpaired) electrons. The highest BCUT2D eigenvalue weighted by molar-refractivity contribution is 7.16. The Hall–Kier alpha value is -1.89. The number of hydrogen-bond donors (Lipinski definition) is 2. The summed E-state index contributed by atoms with van der Waals surface area (Å²) in [5, 5.41) is 12.9. The lowest BCUT2D eigenvalue weighted by atomic mass is 9.77. The number of ether oxygens (including phenoxy) is 1. The van der Waals surface area contributed by atoms with Gasteiger partial charge in [-0.3, -0.25) is 9.59 Å². The van der Waals surface area contributed by atoms with Gasteiger partial charge in [0.1, 0.15) is 5.00 Å². The Bertz CT molecular complexity index is 671. The predicted molar refractivity (Wildman–Crippen MR) is 96.2 cm³/mol. The van der Waals surface area contributed by atoms with Crippen molar-refractivity contribution in [2.24, 2.45) is 5.41 Å². The fraction of sp³-hybridized carbons (Fsp3) is 0.611. The Kier molecular flexibility index (Phi) is 6.21. The van der Waals surface area contributed by atoms with Gasteiger partial charge in [0.05, 0.1) is 18.1 Å². The first-order valence-corrected chi connectivity index (χ1v) is 9.34. The third-order valence-electron chi connectivity index (χ3n) is 5.04. The maximum absolute atomic E-state index is 12.6. The molecule has 2 N–H and O–H groups in total. The second kappa shape index (κ2) is 7.99. The highest BCUT2D eigenvalue weighted by atomic mass is 32.1. The number of methoxy groups -OCH3 is 1. The van der Waals surface area contributed by atoms with Gasteiger partial charge in [0.2, 0.25) is 5.91 Å². The smallest absolute Gasteiger partial charge is 0.341 e. The van der Waals surface area contributed by atoms with Crippen molar-refractivity contribution in [3.8, 4) is 0 Å². The van der Waals surface area contributed by atoms with E-state index in [0.717, 1.165) is 36.1 Å². The quantitative estimate of drug-likeness (QED) is 0.608. The molecule has 0 unspecified atom stereocenters. The molecule has 0 atom stereocenters. The van der Waals surface area contributed by atoms with Gasteiger partial charge in [-0.05, 0) is 32.3 Å². The van der Waals surface area contributed by atoms with E-state index in [1.54, 1.807) is 6.92 Å². The van der Waals surface area contributed by atoms with Crippen LogP contribution in [0.15, 0.2) is 0 Å². The second-order valence-electron chi connectivity index (χ2n) is 6.70. The van der Waals surface area contributed by atoms with Crippen LogP contribution >= 0.6 is 11.3 Å².